The number of aldehydes is 1. The Balaban J connectivity index is 1.99. The maximum Gasteiger partial charge on any atom is 0.489 e. The maximum atomic E-state index is 12.9. The summed E-state index contributed by atoms with van der Waals surface area (Å²) in [6.45, 7) is 1.38. The van der Waals surface area contributed by atoms with Gasteiger partial charge in [-0.15, -0.1) is 0 Å². The van der Waals surface area contributed by atoms with Gasteiger partial charge in [0.25, 0.3) is 5.91 Å². The normalized spacial score (nSPS) is 11.5. The van der Waals surface area contributed by atoms with Gasteiger partial charge in [0.05, 0.1) is 11.6 Å². The second-order valence-corrected chi connectivity index (χ2v) is 5.38. The Labute approximate surface area is 144 Å². The van der Waals surface area contributed by atoms with Gasteiger partial charge in [-0.05, 0) is 36.1 Å². The molecule has 2 rings (SSSR count). The molecular weight excluding hydrogens is 328 g/mol. The first-order chi connectivity index (χ1) is 11.9. The first-order valence-electron chi connectivity index (χ1n) is 7.54. The van der Waals surface area contributed by atoms with Crippen LogP contribution in [0.4, 0.5) is 4.39 Å². The Bertz CT molecular complexity index is 751. The van der Waals surface area contributed by atoms with Crippen molar-refractivity contribution in [2.24, 2.45) is 0 Å². The molecule has 0 aliphatic rings. The monoisotopic (exact) mass is 345 g/mol. The van der Waals surface area contributed by atoms with Crippen molar-refractivity contribution in [2.45, 2.75) is 13.0 Å². The Morgan fingerprint density at radius 2 is 1.96 bits per heavy atom. The minimum atomic E-state index is -1.82. The summed E-state index contributed by atoms with van der Waals surface area (Å²) < 4.78 is 18.2. The third-order valence-electron chi connectivity index (χ3n) is 3.60. The van der Waals surface area contributed by atoms with E-state index in [1.807, 2.05) is 0 Å². The first-order valence-corrected chi connectivity index (χ1v) is 7.54. The van der Waals surface area contributed by atoms with Gasteiger partial charge in [0.1, 0.15) is 11.6 Å². The highest BCUT2D eigenvalue weighted by Crippen LogP contribution is 2.15. The number of halogens is 1. The van der Waals surface area contributed by atoms with Crippen LogP contribution in [0.3, 0.4) is 0 Å². The van der Waals surface area contributed by atoms with Crippen LogP contribution in [0.2, 0.25) is 0 Å². The predicted molar refractivity (Wildman–Crippen MR) is 90.1 cm³/mol. The Morgan fingerprint density at radius 1 is 1.28 bits per heavy atom. The van der Waals surface area contributed by atoms with Gasteiger partial charge in [0.15, 0.2) is 12.9 Å². The minimum Gasteiger partial charge on any atom is -0.483 e. The van der Waals surface area contributed by atoms with E-state index in [1.165, 1.54) is 30.3 Å². The molecule has 0 aromatic heterocycles. The first kappa shape index (κ1) is 18.6. The van der Waals surface area contributed by atoms with Crippen LogP contribution in [0.25, 0.3) is 0 Å². The molecule has 1 atom stereocenters. The topological polar surface area (TPSA) is 95.9 Å². The molecule has 0 saturated carbocycles. The summed E-state index contributed by atoms with van der Waals surface area (Å²) in [7, 11) is -1.82. The highest BCUT2D eigenvalue weighted by Gasteiger charge is 2.19. The van der Waals surface area contributed by atoms with E-state index in [1.54, 1.807) is 19.1 Å². The average Bonchev–Trinajstić information content (AvgIpc) is 2.59. The van der Waals surface area contributed by atoms with Crippen LogP contribution in [0, 0.1) is 5.82 Å². The number of hydrogen-bond donors (Lipinski definition) is 3. The molecule has 0 fully saturated rings. The molecule has 3 N–H and O–H groups in total. The van der Waals surface area contributed by atoms with E-state index in [0.29, 0.717) is 6.29 Å². The van der Waals surface area contributed by atoms with Crippen molar-refractivity contribution in [2.75, 3.05) is 6.61 Å². The number of rotatable bonds is 7. The van der Waals surface area contributed by atoms with Gasteiger partial charge >= 0.3 is 7.12 Å². The lowest BCUT2D eigenvalue weighted by Gasteiger charge is -2.15. The lowest BCUT2D eigenvalue weighted by atomic mass is 9.77. The van der Waals surface area contributed by atoms with Gasteiger partial charge in [-0.25, -0.2) is 4.39 Å². The summed E-state index contributed by atoms with van der Waals surface area (Å²) in [5.74, 6) is -0.730. The van der Waals surface area contributed by atoms with Crippen LogP contribution in [0.15, 0.2) is 42.5 Å². The van der Waals surface area contributed by atoms with Crippen molar-refractivity contribution in [1.29, 1.82) is 0 Å². The maximum absolute atomic E-state index is 12.9. The Kier molecular flexibility index (Phi) is 6.27. The number of carbonyl (C=O) groups is 2. The summed E-state index contributed by atoms with van der Waals surface area (Å²) in [5.41, 5.74) is 0.693. The number of amides is 1. The van der Waals surface area contributed by atoms with E-state index in [2.05, 4.69) is 5.32 Å². The zero-order valence-electron chi connectivity index (χ0n) is 13.5. The molecule has 2 aromatic rings. The summed E-state index contributed by atoms with van der Waals surface area (Å²) >= 11 is 0. The number of nitrogens with one attached hydrogen (secondary N) is 1. The van der Waals surface area contributed by atoms with Crippen molar-refractivity contribution >= 4 is 24.8 Å². The van der Waals surface area contributed by atoms with Gasteiger partial charge in [-0.3, -0.25) is 9.59 Å². The Hall–Kier alpha value is -2.71. The average molecular weight is 345 g/mol. The fourth-order valence-electron chi connectivity index (χ4n) is 2.30. The molecule has 0 bridgehead atoms. The molecule has 25 heavy (non-hydrogen) atoms. The van der Waals surface area contributed by atoms with Crippen LogP contribution in [0.5, 0.6) is 5.75 Å². The van der Waals surface area contributed by atoms with Crippen molar-refractivity contribution in [3.63, 3.8) is 0 Å². The van der Waals surface area contributed by atoms with Crippen molar-refractivity contribution < 1.29 is 28.8 Å². The van der Waals surface area contributed by atoms with Crippen LogP contribution >= 0.6 is 0 Å². The van der Waals surface area contributed by atoms with E-state index >= 15 is 0 Å². The molecular formula is C17H17BFNO5. The Morgan fingerprint density at radius 3 is 2.56 bits per heavy atom. The van der Waals surface area contributed by atoms with Gasteiger partial charge < -0.3 is 20.1 Å². The lowest BCUT2D eigenvalue weighted by Crippen LogP contribution is -2.34. The lowest BCUT2D eigenvalue weighted by molar-refractivity contribution is -0.123. The molecule has 1 unspecified atom stereocenters. The van der Waals surface area contributed by atoms with Crippen LogP contribution in [-0.4, -0.2) is 36.0 Å². The molecule has 0 aliphatic carbocycles. The van der Waals surface area contributed by atoms with E-state index in [0.717, 1.165) is 5.56 Å². The second kappa shape index (κ2) is 8.41. The van der Waals surface area contributed by atoms with E-state index in [-0.39, 0.29) is 35.2 Å². The van der Waals surface area contributed by atoms with E-state index in [9.17, 15) is 24.0 Å². The largest absolute Gasteiger partial charge is 0.489 e. The zero-order valence-corrected chi connectivity index (χ0v) is 13.5. The number of benzene rings is 2. The molecule has 0 aliphatic heterocycles. The van der Waals surface area contributed by atoms with Gasteiger partial charge in [-0.2, -0.15) is 0 Å². The van der Waals surface area contributed by atoms with Crippen molar-refractivity contribution in [1.82, 2.24) is 5.32 Å². The van der Waals surface area contributed by atoms with E-state index in [4.69, 9.17) is 4.74 Å². The van der Waals surface area contributed by atoms with Crippen LogP contribution in [-0.2, 0) is 4.79 Å². The van der Waals surface area contributed by atoms with Crippen molar-refractivity contribution in [3.8, 4) is 5.75 Å². The molecule has 0 saturated heterocycles. The van der Waals surface area contributed by atoms with Crippen LogP contribution < -0.4 is 15.5 Å². The number of ether oxygens (including phenoxy) is 1. The molecule has 8 heteroatoms. The summed E-state index contributed by atoms with van der Waals surface area (Å²) in [6, 6.07) is 9.69. The zero-order chi connectivity index (χ0) is 18.4. The fraction of sp³-hybridized carbons (Fsp3) is 0.176. The SMILES string of the molecule is CC(NC(=O)COc1cccc(B(O)O)c1C=O)c1ccc(F)cc1. The third-order valence-corrected chi connectivity index (χ3v) is 3.60. The standard InChI is InChI=1S/C17H17BFNO5/c1-11(12-5-7-13(19)8-6-12)20-17(22)10-25-16-4-2-3-15(18(23)24)14(16)9-21/h2-9,11,23-24H,10H2,1H3,(H,20,22). The highest BCUT2D eigenvalue weighted by molar-refractivity contribution is 6.60. The quantitative estimate of drug-likeness (QED) is 0.504. The summed E-state index contributed by atoms with van der Waals surface area (Å²) in [6.07, 6.45) is 0.434. The van der Waals surface area contributed by atoms with Crippen molar-refractivity contribution in [3.05, 3.63) is 59.4 Å². The highest BCUT2D eigenvalue weighted by atomic mass is 19.1. The fourth-order valence-corrected chi connectivity index (χ4v) is 2.30. The van der Waals surface area contributed by atoms with Gasteiger partial charge in [-0.1, -0.05) is 24.3 Å². The molecule has 130 valence electrons. The number of carbonyl (C=O) groups excluding carboxylic acids is 2. The molecule has 6 nitrogen and oxygen atoms in total. The van der Waals surface area contributed by atoms with Gasteiger partial charge in [0.2, 0.25) is 0 Å². The molecule has 0 heterocycles. The predicted octanol–water partition coefficient (Wildman–Crippen LogP) is 0.574. The molecule has 0 spiro atoms. The van der Waals surface area contributed by atoms with Crippen LogP contribution in [0.1, 0.15) is 28.9 Å². The second-order valence-electron chi connectivity index (χ2n) is 5.38. The molecule has 0 radical (unpaired) electrons. The summed E-state index contributed by atoms with van der Waals surface area (Å²) in [4.78, 5) is 23.1. The summed E-state index contributed by atoms with van der Waals surface area (Å²) in [5, 5.41) is 21.2. The smallest absolute Gasteiger partial charge is 0.483 e. The van der Waals surface area contributed by atoms with E-state index < -0.39 is 13.0 Å². The third kappa shape index (κ3) is 4.88. The number of hydrogen-bond acceptors (Lipinski definition) is 5. The molecule has 2 aromatic carbocycles. The minimum absolute atomic E-state index is 0.00686. The van der Waals surface area contributed by atoms with Gasteiger partial charge in [0, 0.05) is 0 Å². The molecule has 1 amide bonds.